The van der Waals surface area contributed by atoms with E-state index in [2.05, 4.69) is 10.3 Å². The van der Waals surface area contributed by atoms with Gasteiger partial charge in [0.15, 0.2) is 0 Å². The van der Waals surface area contributed by atoms with Crippen LogP contribution in [0.5, 0.6) is 0 Å². The van der Waals surface area contributed by atoms with Crippen LogP contribution < -0.4 is 21.7 Å². The number of anilines is 3. The number of nitrogens with one attached hydrogen (secondary N) is 1. The van der Waals surface area contributed by atoms with Crippen LogP contribution in [0.1, 0.15) is 27.2 Å². The van der Waals surface area contributed by atoms with E-state index in [1.165, 1.54) is 18.3 Å². The first kappa shape index (κ1) is 23.5. The van der Waals surface area contributed by atoms with E-state index >= 15 is 0 Å². The van der Waals surface area contributed by atoms with Crippen molar-refractivity contribution in [3.63, 3.8) is 0 Å². The summed E-state index contributed by atoms with van der Waals surface area (Å²) < 4.78 is 38.7. The Hall–Kier alpha value is -3.14. The van der Waals surface area contributed by atoms with Crippen molar-refractivity contribution in [1.82, 2.24) is 10.3 Å². The molecule has 0 bridgehead atoms. The third-order valence-electron chi connectivity index (χ3n) is 5.17. The second-order valence-electron chi connectivity index (χ2n) is 8.74. The minimum Gasteiger partial charge on any atom is -0.444 e. The first-order chi connectivity index (χ1) is 15.0. The number of rotatable bonds is 4. The summed E-state index contributed by atoms with van der Waals surface area (Å²) in [5, 5.41) is 2.86. The predicted octanol–water partition coefficient (Wildman–Crippen LogP) is 3.31. The number of pyridine rings is 1. The molecule has 2 aromatic rings. The molecular weight excluding hydrogens is 420 g/mol. The SMILES string of the molecule is CO[C@@H]1CN(c2c(-c3cc(F)cc(F)c3)cnc(N)c2N)CC[C@H]1NC(=O)OC(C)(C)C. The van der Waals surface area contributed by atoms with Crippen molar-refractivity contribution < 1.29 is 23.0 Å². The monoisotopic (exact) mass is 449 g/mol. The number of nitrogen functional groups attached to an aromatic ring is 2. The van der Waals surface area contributed by atoms with Crippen molar-refractivity contribution >= 4 is 23.3 Å². The zero-order valence-electron chi connectivity index (χ0n) is 18.6. The molecule has 0 aliphatic carbocycles. The normalized spacial score (nSPS) is 19.0. The van der Waals surface area contributed by atoms with Crippen LogP contribution in [-0.2, 0) is 9.47 Å². The summed E-state index contributed by atoms with van der Waals surface area (Å²) >= 11 is 0. The Bertz CT molecular complexity index is 976. The number of aromatic nitrogens is 1. The van der Waals surface area contributed by atoms with Crippen molar-refractivity contribution in [3.8, 4) is 11.1 Å². The summed E-state index contributed by atoms with van der Waals surface area (Å²) in [7, 11) is 1.55. The molecule has 1 fully saturated rings. The smallest absolute Gasteiger partial charge is 0.407 e. The standard InChI is InChI=1S/C22H29F2N5O3/c1-22(2,3)32-21(30)28-16-5-6-29(11-17(16)31-4)19-15(10-27-20(26)18(19)25)12-7-13(23)9-14(24)8-12/h7-10,16-17H,5-6,11,25H2,1-4H3,(H2,26,27)(H,28,30)/t16-,17-/m1/s1. The molecule has 1 amide bonds. The zero-order valence-corrected chi connectivity index (χ0v) is 18.6. The highest BCUT2D eigenvalue weighted by Crippen LogP contribution is 2.39. The van der Waals surface area contributed by atoms with Gasteiger partial charge in [0, 0.05) is 38.0 Å². The van der Waals surface area contributed by atoms with E-state index in [9.17, 15) is 13.6 Å². The topological polar surface area (TPSA) is 116 Å². The average Bonchev–Trinajstić information content (AvgIpc) is 2.68. The highest BCUT2D eigenvalue weighted by atomic mass is 19.1. The molecule has 2 heterocycles. The van der Waals surface area contributed by atoms with Crippen LogP contribution in [0.25, 0.3) is 11.1 Å². The number of alkyl carbamates (subject to hydrolysis) is 1. The molecule has 1 aliphatic rings. The Morgan fingerprint density at radius 1 is 1.22 bits per heavy atom. The lowest BCUT2D eigenvalue weighted by molar-refractivity contribution is 0.0298. The molecule has 5 N–H and O–H groups in total. The fourth-order valence-corrected chi connectivity index (χ4v) is 3.77. The van der Waals surface area contributed by atoms with Crippen LogP contribution in [0.4, 0.5) is 30.8 Å². The second kappa shape index (κ2) is 9.15. The quantitative estimate of drug-likeness (QED) is 0.656. The van der Waals surface area contributed by atoms with E-state index in [1.54, 1.807) is 27.9 Å². The lowest BCUT2D eigenvalue weighted by Crippen LogP contribution is -2.55. The number of carbonyl (C=O) groups excluding carboxylic acids is 1. The predicted molar refractivity (Wildman–Crippen MR) is 119 cm³/mol. The van der Waals surface area contributed by atoms with Gasteiger partial charge in [-0.25, -0.2) is 18.6 Å². The largest absolute Gasteiger partial charge is 0.444 e. The average molecular weight is 450 g/mol. The van der Waals surface area contributed by atoms with Gasteiger partial charge in [-0.15, -0.1) is 0 Å². The minimum absolute atomic E-state index is 0.114. The van der Waals surface area contributed by atoms with Gasteiger partial charge >= 0.3 is 6.09 Å². The Labute approximate surface area is 185 Å². The third-order valence-corrected chi connectivity index (χ3v) is 5.17. The summed E-state index contributed by atoms with van der Waals surface area (Å²) in [6.07, 6.45) is 1.06. The van der Waals surface area contributed by atoms with Gasteiger partial charge in [0.05, 0.1) is 23.5 Å². The van der Waals surface area contributed by atoms with E-state index < -0.39 is 23.3 Å². The molecule has 32 heavy (non-hydrogen) atoms. The molecule has 8 nitrogen and oxygen atoms in total. The van der Waals surface area contributed by atoms with E-state index in [4.69, 9.17) is 20.9 Å². The summed E-state index contributed by atoms with van der Waals surface area (Å²) in [6, 6.07) is 2.93. The van der Waals surface area contributed by atoms with Crippen molar-refractivity contribution in [2.45, 2.75) is 44.9 Å². The molecule has 1 aromatic carbocycles. The lowest BCUT2D eigenvalue weighted by Gasteiger charge is -2.40. The fraction of sp³-hybridized carbons (Fsp3) is 0.455. The first-order valence-corrected chi connectivity index (χ1v) is 10.3. The molecule has 10 heteroatoms. The Morgan fingerprint density at radius 2 is 1.88 bits per heavy atom. The van der Waals surface area contributed by atoms with Crippen molar-refractivity contribution in [1.29, 1.82) is 0 Å². The lowest BCUT2D eigenvalue weighted by atomic mass is 9.98. The van der Waals surface area contributed by atoms with Gasteiger partial charge in [0.1, 0.15) is 23.1 Å². The van der Waals surface area contributed by atoms with Gasteiger partial charge in [0.2, 0.25) is 0 Å². The number of piperidine rings is 1. The third kappa shape index (κ3) is 5.37. The second-order valence-corrected chi connectivity index (χ2v) is 8.74. The highest BCUT2D eigenvalue weighted by Gasteiger charge is 2.34. The van der Waals surface area contributed by atoms with Crippen LogP contribution in [0, 0.1) is 11.6 Å². The molecule has 0 spiro atoms. The molecule has 0 radical (unpaired) electrons. The number of hydrogen-bond donors (Lipinski definition) is 3. The Balaban J connectivity index is 1.89. The van der Waals surface area contributed by atoms with E-state index in [0.29, 0.717) is 36.3 Å². The molecule has 2 atom stereocenters. The minimum atomic E-state index is -0.712. The van der Waals surface area contributed by atoms with E-state index in [1.807, 2.05) is 4.90 Å². The zero-order chi connectivity index (χ0) is 23.6. The van der Waals surface area contributed by atoms with Gasteiger partial charge in [-0.1, -0.05) is 0 Å². The highest BCUT2D eigenvalue weighted by molar-refractivity contribution is 5.90. The first-order valence-electron chi connectivity index (χ1n) is 10.3. The van der Waals surface area contributed by atoms with E-state index in [0.717, 1.165) is 6.07 Å². The van der Waals surface area contributed by atoms with E-state index in [-0.39, 0.29) is 23.7 Å². The number of hydrogen-bond acceptors (Lipinski definition) is 7. The number of nitrogens with two attached hydrogens (primary N) is 2. The summed E-state index contributed by atoms with van der Waals surface area (Å²) in [6.45, 7) is 6.21. The maximum atomic E-state index is 13.9. The number of benzene rings is 1. The molecule has 0 unspecified atom stereocenters. The van der Waals surface area contributed by atoms with Crippen LogP contribution in [0.3, 0.4) is 0 Å². The maximum Gasteiger partial charge on any atom is 0.407 e. The van der Waals surface area contributed by atoms with Crippen LogP contribution in [0.2, 0.25) is 0 Å². The molecule has 1 aliphatic heterocycles. The van der Waals surface area contributed by atoms with Gasteiger partial charge in [-0.05, 0) is 44.9 Å². The Morgan fingerprint density at radius 3 is 2.47 bits per heavy atom. The van der Waals surface area contributed by atoms with Gasteiger partial charge < -0.3 is 31.2 Å². The molecule has 3 rings (SSSR count). The number of carbonyl (C=O) groups is 1. The van der Waals surface area contributed by atoms with Crippen molar-refractivity contribution in [3.05, 3.63) is 36.0 Å². The fourth-order valence-electron chi connectivity index (χ4n) is 3.77. The molecule has 174 valence electrons. The maximum absolute atomic E-state index is 13.9. The number of ether oxygens (including phenoxy) is 2. The Kier molecular flexibility index (Phi) is 6.73. The number of methoxy groups -OCH3 is 1. The number of halogens is 2. The summed E-state index contributed by atoms with van der Waals surface area (Å²) in [5.74, 6) is -1.31. The van der Waals surface area contributed by atoms with Gasteiger partial charge in [-0.3, -0.25) is 0 Å². The van der Waals surface area contributed by atoms with Crippen molar-refractivity contribution in [2.75, 3.05) is 36.6 Å². The van der Waals surface area contributed by atoms with Crippen LogP contribution in [-0.4, -0.2) is 49.0 Å². The summed E-state index contributed by atoms with van der Waals surface area (Å²) in [5.41, 5.74) is 13.0. The number of amides is 1. The molecule has 1 saturated heterocycles. The molecule has 1 aromatic heterocycles. The van der Waals surface area contributed by atoms with Crippen LogP contribution >= 0.6 is 0 Å². The molecule has 0 saturated carbocycles. The van der Waals surface area contributed by atoms with Crippen molar-refractivity contribution in [2.24, 2.45) is 0 Å². The molecular formula is C22H29F2N5O3. The van der Waals surface area contributed by atoms with Gasteiger partial charge in [0.25, 0.3) is 0 Å². The number of nitrogens with zero attached hydrogens (tertiary/aromatic N) is 2. The van der Waals surface area contributed by atoms with Crippen LogP contribution in [0.15, 0.2) is 24.4 Å². The van der Waals surface area contributed by atoms with Gasteiger partial charge in [-0.2, -0.15) is 0 Å². The summed E-state index contributed by atoms with van der Waals surface area (Å²) in [4.78, 5) is 18.2.